The summed E-state index contributed by atoms with van der Waals surface area (Å²) in [7, 11) is 0. The van der Waals surface area contributed by atoms with Gasteiger partial charge in [-0.25, -0.2) is 5.21 Å². The predicted octanol–water partition coefficient (Wildman–Crippen LogP) is -1.92. The monoisotopic (exact) mass is 225 g/mol. The molecule has 0 bridgehead atoms. The van der Waals surface area contributed by atoms with E-state index >= 15 is 0 Å². The van der Waals surface area contributed by atoms with Crippen LogP contribution in [-0.4, -0.2) is 27.5 Å². The van der Waals surface area contributed by atoms with Gasteiger partial charge < -0.3 is 6.16 Å². The van der Waals surface area contributed by atoms with Gasteiger partial charge in [-0.05, 0) is 13.8 Å². The summed E-state index contributed by atoms with van der Waals surface area (Å²) in [4.78, 5) is 11.1. The van der Waals surface area contributed by atoms with Crippen molar-refractivity contribution in [3.63, 3.8) is 0 Å². The number of esters is 1. The van der Waals surface area contributed by atoms with Gasteiger partial charge in [-0.15, -0.1) is 0 Å². The number of H-pyrrole nitrogens is 2. The van der Waals surface area contributed by atoms with Gasteiger partial charge >= 0.3 is 35.5 Å². The molecule has 0 saturated carbocycles. The van der Waals surface area contributed by atoms with E-state index in [0.717, 1.165) is 0 Å². The van der Waals surface area contributed by atoms with Crippen LogP contribution < -0.4 is 29.6 Å². The van der Waals surface area contributed by atoms with Gasteiger partial charge in [0.2, 0.25) is 0 Å². The molecule has 1 aromatic heterocycles. The Bertz CT molecular complexity index is 352. The molecule has 0 atom stereocenters. The van der Waals surface area contributed by atoms with Crippen LogP contribution >= 0.6 is 12.2 Å². The van der Waals surface area contributed by atoms with Crippen molar-refractivity contribution in [1.29, 1.82) is 0 Å². The first-order valence-electron chi connectivity index (χ1n) is 3.91. The molecule has 0 aromatic carbocycles. The van der Waals surface area contributed by atoms with Gasteiger partial charge in [0.1, 0.15) is 10.3 Å². The predicted molar refractivity (Wildman–Crippen MR) is 49.8 cm³/mol. The molecule has 74 valence electrons. The Balaban J connectivity index is 0. The van der Waals surface area contributed by atoms with Crippen LogP contribution in [0.25, 0.3) is 0 Å². The Hall–Kier alpha value is -0.170. The van der Waals surface area contributed by atoms with Crippen molar-refractivity contribution in [1.82, 2.24) is 15.4 Å². The number of nitrogens with zero attached hydrogens (tertiary/aromatic N) is 1. The zero-order valence-corrected chi connectivity index (χ0v) is 11.3. The molecule has 0 amide bonds. The third kappa shape index (κ3) is 4.36. The van der Waals surface area contributed by atoms with E-state index in [2.05, 4.69) is 15.4 Å². The van der Waals surface area contributed by atoms with Crippen molar-refractivity contribution in [2.24, 2.45) is 0 Å². The fraction of sp³-hybridized carbons (Fsp3) is 0.571. The summed E-state index contributed by atoms with van der Waals surface area (Å²) in [5, 5.41) is 8.85. The van der Waals surface area contributed by atoms with Gasteiger partial charge in [0.15, 0.2) is 0 Å². The number of rotatable bonds is 3. The maximum atomic E-state index is 11.1. The van der Waals surface area contributed by atoms with Gasteiger partial charge in [0.25, 0.3) is 0 Å². The van der Waals surface area contributed by atoms with Gasteiger partial charge in [0.05, 0.1) is 12.5 Å². The largest absolute Gasteiger partial charge is 1.00 e. The number of nitrogens with one attached hydrogen (secondary N) is 2. The fourth-order valence-electron chi connectivity index (χ4n) is 0.830. The summed E-state index contributed by atoms with van der Waals surface area (Å²) in [6.45, 7) is 3.59. The Labute approximate surface area is 110 Å². The second-order valence-corrected chi connectivity index (χ2v) is 3.25. The molecule has 7 heteroatoms. The van der Waals surface area contributed by atoms with Crippen LogP contribution in [0.2, 0.25) is 0 Å². The molecule has 0 unspecified atom stereocenters. The van der Waals surface area contributed by atoms with Gasteiger partial charge in [0, 0.05) is 0 Å². The Morgan fingerprint density at radius 1 is 1.71 bits per heavy atom. The van der Waals surface area contributed by atoms with Crippen LogP contribution in [0, 0.1) is 4.64 Å². The molecule has 0 fully saturated rings. The summed E-state index contributed by atoms with van der Waals surface area (Å²) < 4.78 is 5.37. The number of carbonyl (C=O) groups excluding carboxylic acids is 1. The molecule has 2 N–H and O–H groups in total. The second kappa shape index (κ2) is 6.34. The summed E-state index contributed by atoms with van der Waals surface area (Å²) in [6.07, 6.45) is 0.000734. The number of ether oxygens (including phenoxy) is 1. The molecular weight excluding hydrogens is 213 g/mol. The Morgan fingerprint density at radius 3 is 2.79 bits per heavy atom. The van der Waals surface area contributed by atoms with Crippen LogP contribution in [0.1, 0.15) is 21.0 Å². The van der Waals surface area contributed by atoms with E-state index in [0.29, 0.717) is 10.3 Å². The molecule has 5 nitrogen and oxygen atoms in total. The summed E-state index contributed by atoms with van der Waals surface area (Å²) >= 11 is 4.86. The average molecular weight is 225 g/mol. The topological polar surface area (TPSA) is 70.8 Å². The van der Waals surface area contributed by atoms with Crippen molar-refractivity contribution < 1.29 is 40.5 Å². The van der Waals surface area contributed by atoms with Crippen LogP contribution in [0.15, 0.2) is 0 Å². The molecule has 0 saturated heterocycles. The van der Waals surface area contributed by atoms with Crippen LogP contribution in [0.4, 0.5) is 0 Å². The first kappa shape index (κ1) is 13.8. The Kier molecular flexibility index (Phi) is 6.26. The van der Waals surface area contributed by atoms with E-state index in [1.165, 1.54) is 0 Å². The molecular formula is C7H12N3NaO2S. The van der Waals surface area contributed by atoms with Gasteiger partial charge in [-0.1, -0.05) is 12.2 Å². The summed E-state index contributed by atoms with van der Waals surface area (Å²) in [6, 6.07) is 0. The van der Waals surface area contributed by atoms with Gasteiger partial charge in [-0.3, -0.25) is 9.89 Å². The van der Waals surface area contributed by atoms with Crippen molar-refractivity contribution in [3.05, 3.63) is 10.3 Å². The number of aromatic amines is 2. The Morgan fingerprint density at radius 2 is 2.36 bits per heavy atom. The fourth-order valence-corrected chi connectivity index (χ4v) is 0.994. The first-order valence-corrected chi connectivity index (χ1v) is 4.32. The number of carbonyl (C=O) groups is 1. The zero-order chi connectivity index (χ0) is 9.84. The third-order valence-corrected chi connectivity index (χ3v) is 1.64. The van der Waals surface area contributed by atoms with Crippen LogP contribution in [0.5, 0.6) is 0 Å². The molecule has 1 rings (SSSR count). The van der Waals surface area contributed by atoms with E-state index in [1.807, 2.05) is 0 Å². The maximum absolute atomic E-state index is 11.1. The molecule has 0 aliphatic rings. The van der Waals surface area contributed by atoms with E-state index < -0.39 is 0 Å². The SMILES string of the molecule is CC(C)OC(=O)Cc1n[nH][nH]c1=S.[H-].[Na+]. The van der Waals surface area contributed by atoms with Crippen molar-refractivity contribution in [2.45, 2.75) is 26.4 Å². The molecule has 0 aliphatic heterocycles. The minimum atomic E-state index is -0.318. The molecule has 0 spiro atoms. The van der Waals surface area contributed by atoms with Crippen LogP contribution in [0.3, 0.4) is 0 Å². The number of hydrogen-bond acceptors (Lipinski definition) is 4. The molecule has 1 heterocycles. The zero-order valence-electron chi connectivity index (χ0n) is 9.46. The molecule has 14 heavy (non-hydrogen) atoms. The second-order valence-electron chi connectivity index (χ2n) is 2.84. The van der Waals surface area contributed by atoms with E-state index in [4.69, 9.17) is 17.0 Å². The quantitative estimate of drug-likeness (QED) is 0.357. The van der Waals surface area contributed by atoms with Crippen LogP contribution in [-0.2, 0) is 16.0 Å². The standard InChI is InChI=1S/C7H11N3O2S.Na.H/c1-4(2)12-6(11)3-5-7(13)9-10-8-5;;/h4H,3H2,1-2H3,(H2,8,9,10,13);;/q;+1;-1. The summed E-state index contributed by atoms with van der Waals surface area (Å²) in [5.41, 5.74) is 0.514. The maximum Gasteiger partial charge on any atom is 1.00 e. The molecule has 0 radical (unpaired) electrons. The van der Waals surface area contributed by atoms with Crippen molar-refractivity contribution in [2.75, 3.05) is 0 Å². The third-order valence-electron chi connectivity index (χ3n) is 1.30. The average Bonchev–Trinajstić information content (AvgIpc) is 2.34. The normalized spacial score (nSPS) is 9.64. The van der Waals surface area contributed by atoms with Gasteiger partial charge in [-0.2, -0.15) is 5.10 Å². The molecule has 1 aromatic rings. The number of aromatic nitrogens is 3. The first-order chi connectivity index (χ1) is 6.09. The van der Waals surface area contributed by atoms with E-state index in [-0.39, 0.29) is 49.5 Å². The summed E-state index contributed by atoms with van der Waals surface area (Å²) in [5.74, 6) is -0.318. The number of hydrogen-bond donors (Lipinski definition) is 2. The van der Waals surface area contributed by atoms with E-state index in [9.17, 15) is 4.79 Å². The van der Waals surface area contributed by atoms with E-state index in [1.54, 1.807) is 13.8 Å². The smallest absolute Gasteiger partial charge is 1.00 e. The minimum absolute atomic E-state index is 0. The molecule has 0 aliphatic carbocycles. The minimum Gasteiger partial charge on any atom is -1.00 e. The van der Waals surface area contributed by atoms with Crippen molar-refractivity contribution in [3.8, 4) is 0 Å². The van der Waals surface area contributed by atoms with Crippen molar-refractivity contribution >= 4 is 18.2 Å².